The molecule has 2 amide bonds. The second kappa shape index (κ2) is 10.5. The molecule has 0 atom stereocenters. The zero-order valence-electron chi connectivity index (χ0n) is 15.8. The van der Waals surface area contributed by atoms with Crippen LogP contribution in [0.2, 0.25) is 5.02 Å². The third-order valence-corrected chi connectivity index (χ3v) is 4.61. The number of anilines is 1. The van der Waals surface area contributed by atoms with Gasteiger partial charge in [0.25, 0.3) is 0 Å². The molecule has 3 rings (SSSR count). The van der Waals surface area contributed by atoms with Crippen LogP contribution in [-0.4, -0.2) is 24.0 Å². The number of halogens is 2. The maximum atomic E-state index is 12.4. The molecule has 3 aromatic rings. The average Bonchev–Trinajstić information content (AvgIpc) is 2.76. The van der Waals surface area contributed by atoms with Crippen molar-refractivity contribution in [2.24, 2.45) is 5.10 Å². The molecule has 0 spiro atoms. The van der Waals surface area contributed by atoms with E-state index in [9.17, 15) is 14.4 Å². The Balaban J connectivity index is 1.66. The van der Waals surface area contributed by atoms with E-state index in [0.717, 1.165) is 0 Å². The van der Waals surface area contributed by atoms with E-state index in [0.29, 0.717) is 26.3 Å². The van der Waals surface area contributed by atoms with Crippen LogP contribution in [0.4, 0.5) is 5.69 Å². The number of esters is 1. The zero-order valence-corrected chi connectivity index (χ0v) is 18.2. The van der Waals surface area contributed by atoms with Gasteiger partial charge in [0.2, 0.25) is 0 Å². The minimum atomic E-state index is -0.949. The summed E-state index contributed by atoms with van der Waals surface area (Å²) in [7, 11) is 0. The molecule has 0 aliphatic carbocycles. The highest BCUT2D eigenvalue weighted by Crippen LogP contribution is 2.23. The number of carbonyl (C=O) groups is 3. The molecule has 0 radical (unpaired) electrons. The third-order valence-electron chi connectivity index (χ3n) is 3.86. The highest BCUT2D eigenvalue weighted by molar-refractivity contribution is 9.10. The molecule has 9 heteroatoms. The Labute approximate surface area is 191 Å². The van der Waals surface area contributed by atoms with Crippen LogP contribution in [0.25, 0.3) is 0 Å². The molecule has 0 aliphatic rings. The van der Waals surface area contributed by atoms with Gasteiger partial charge in [-0.05, 0) is 54.6 Å². The molecular formula is C22H15BrClN3O4. The lowest BCUT2D eigenvalue weighted by atomic mass is 10.2. The number of nitrogens with zero attached hydrogens (tertiary/aromatic N) is 1. The highest BCUT2D eigenvalue weighted by atomic mass is 79.9. The van der Waals surface area contributed by atoms with Gasteiger partial charge < -0.3 is 10.1 Å². The molecule has 0 saturated carbocycles. The number of carbonyl (C=O) groups excluding carboxylic acids is 3. The lowest BCUT2D eigenvalue weighted by Gasteiger charge is -2.08. The Morgan fingerprint density at radius 3 is 2.35 bits per heavy atom. The van der Waals surface area contributed by atoms with Crippen molar-refractivity contribution in [3.63, 3.8) is 0 Å². The van der Waals surface area contributed by atoms with Gasteiger partial charge in [0, 0.05) is 20.7 Å². The number of hydrazone groups is 1. The number of amides is 2. The Morgan fingerprint density at radius 2 is 1.65 bits per heavy atom. The molecule has 0 bridgehead atoms. The van der Waals surface area contributed by atoms with Crippen molar-refractivity contribution < 1.29 is 19.1 Å². The van der Waals surface area contributed by atoms with Gasteiger partial charge in [-0.25, -0.2) is 10.2 Å². The lowest BCUT2D eigenvalue weighted by molar-refractivity contribution is -0.136. The molecule has 156 valence electrons. The maximum absolute atomic E-state index is 12.4. The number of para-hydroxylation sites is 1. The first kappa shape index (κ1) is 22.2. The molecule has 0 aromatic heterocycles. The largest absolute Gasteiger partial charge is 0.422 e. The summed E-state index contributed by atoms with van der Waals surface area (Å²) in [6.45, 7) is 0. The molecule has 31 heavy (non-hydrogen) atoms. The van der Waals surface area contributed by atoms with Gasteiger partial charge in [-0.1, -0.05) is 45.7 Å². The average molecular weight is 501 g/mol. The van der Waals surface area contributed by atoms with E-state index in [2.05, 4.69) is 31.8 Å². The molecule has 0 fully saturated rings. The fourth-order valence-corrected chi connectivity index (χ4v) is 2.88. The molecule has 2 N–H and O–H groups in total. The maximum Gasteiger partial charge on any atom is 0.343 e. The monoisotopic (exact) mass is 499 g/mol. The predicted octanol–water partition coefficient (Wildman–Crippen LogP) is 4.41. The van der Waals surface area contributed by atoms with Crippen molar-refractivity contribution in [3.8, 4) is 5.75 Å². The van der Waals surface area contributed by atoms with E-state index in [1.807, 2.05) is 0 Å². The van der Waals surface area contributed by atoms with E-state index in [1.54, 1.807) is 72.8 Å². The van der Waals surface area contributed by atoms with Crippen LogP contribution in [-0.2, 0) is 9.59 Å². The van der Waals surface area contributed by atoms with Gasteiger partial charge in [-0.3, -0.25) is 9.59 Å². The normalized spacial score (nSPS) is 10.5. The number of ether oxygens (including phenoxy) is 1. The van der Waals surface area contributed by atoms with E-state index in [4.69, 9.17) is 16.3 Å². The van der Waals surface area contributed by atoms with Gasteiger partial charge in [-0.15, -0.1) is 0 Å². The van der Waals surface area contributed by atoms with Crippen LogP contribution in [0.1, 0.15) is 15.9 Å². The minimum Gasteiger partial charge on any atom is -0.422 e. The Hall–Kier alpha value is -3.49. The van der Waals surface area contributed by atoms with Crippen LogP contribution in [0.3, 0.4) is 0 Å². The Morgan fingerprint density at radius 1 is 0.935 bits per heavy atom. The second-order valence-corrected chi connectivity index (χ2v) is 7.45. The SMILES string of the molecule is O=C(N/N=C\c1cc(Br)ccc1OC(=O)c1ccc(Cl)cc1)C(=O)Nc1ccccc1. The summed E-state index contributed by atoms with van der Waals surface area (Å²) in [5, 5.41) is 6.73. The predicted molar refractivity (Wildman–Crippen MR) is 121 cm³/mol. The molecule has 3 aromatic carbocycles. The molecule has 0 heterocycles. The first-order chi connectivity index (χ1) is 14.9. The standard InChI is InChI=1S/C22H15BrClN3O4/c23-16-8-11-19(31-22(30)14-6-9-17(24)10-7-14)15(12-16)13-25-27-21(29)20(28)26-18-4-2-1-3-5-18/h1-13H,(H,26,28)(H,27,29)/b25-13-. The van der Waals surface area contributed by atoms with Crippen LogP contribution < -0.4 is 15.5 Å². The highest BCUT2D eigenvalue weighted by Gasteiger charge is 2.14. The molecule has 0 saturated heterocycles. The first-order valence-corrected chi connectivity index (χ1v) is 10.1. The summed E-state index contributed by atoms with van der Waals surface area (Å²) in [6.07, 6.45) is 1.27. The Kier molecular flexibility index (Phi) is 7.53. The summed E-state index contributed by atoms with van der Waals surface area (Å²) in [6, 6.07) is 19.7. The zero-order chi connectivity index (χ0) is 22.2. The van der Waals surface area contributed by atoms with Gasteiger partial charge in [0.05, 0.1) is 11.8 Å². The van der Waals surface area contributed by atoms with Crippen LogP contribution in [0, 0.1) is 0 Å². The number of hydrogen-bond donors (Lipinski definition) is 2. The summed E-state index contributed by atoms with van der Waals surface area (Å²) < 4.78 is 6.13. The van der Waals surface area contributed by atoms with Gasteiger partial charge >= 0.3 is 17.8 Å². The lowest BCUT2D eigenvalue weighted by Crippen LogP contribution is -2.32. The van der Waals surface area contributed by atoms with E-state index >= 15 is 0 Å². The van der Waals surface area contributed by atoms with Gasteiger partial charge in [0.15, 0.2) is 0 Å². The summed E-state index contributed by atoms with van der Waals surface area (Å²) in [5.41, 5.74) is 3.34. The number of nitrogens with one attached hydrogen (secondary N) is 2. The molecule has 0 unspecified atom stereocenters. The first-order valence-electron chi connectivity index (χ1n) is 8.89. The van der Waals surface area contributed by atoms with Gasteiger partial charge in [-0.2, -0.15) is 5.10 Å². The van der Waals surface area contributed by atoms with Crippen molar-refractivity contribution in [1.82, 2.24) is 5.43 Å². The second-order valence-electron chi connectivity index (χ2n) is 6.10. The minimum absolute atomic E-state index is 0.217. The molecular weight excluding hydrogens is 486 g/mol. The van der Waals surface area contributed by atoms with Crippen molar-refractivity contribution in [1.29, 1.82) is 0 Å². The van der Waals surface area contributed by atoms with Crippen molar-refractivity contribution >= 4 is 57.2 Å². The van der Waals surface area contributed by atoms with E-state index < -0.39 is 17.8 Å². The van der Waals surface area contributed by atoms with Crippen molar-refractivity contribution in [2.45, 2.75) is 0 Å². The van der Waals surface area contributed by atoms with Crippen LogP contribution >= 0.6 is 27.5 Å². The van der Waals surface area contributed by atoms with E-state index in [-0.39, 0.29) is 5.75 Å². The fourth-order valence-electron chi connectivity index (χ4n) is 2.38. The van der Waals surface area contributed by atoms with E-state index in [1.165, 1.54) is 6.21 Å². The number of rotatable bonds is 5. The smallest absolute Gasteiger partial charge is 0.343 e. The van der Waals surface area contributed by atoms with Crippen LogP contribution in [0.15, 0.2) is 82.4 Å². The van der Waals surface area contributed by atoms with Crippen molar-refractivity contribution in [3.05, 3.63) is 93.4 Å². The number of hydrogen-bond acceptors (Lipinski definition) is 5. The number of benzene rings is 3. The van der Waals surface area contributed by atoms with Gasteiger partial charge in [0.1, 0.15) is 5.75 Å². The molecule has 0 aliphatic heterocycles. The summed E-state index contributed by atoms with van der Waals surface area (Å²) >= 11 is 9.16. The third kappa shape index (κ3) is 6.50. The summed E-state index contributed by atoms with van der Waals surface area (Å²) in [5.74, 6) is -2.18. The fraction of sp³-hybridized carbons (Fsp3) is 0. The van der Waals surface area contributed by atoms with Crippen LogP contribution in [0.5, 0.6) is 5.75 Å². The topological polar surface area (TPSA) is 96.9 Å². The quantitative estimate of drug-likeness (QED) is 0.178. The summed E-state index contributed by atoms with van der Waals surface area (Å²) in [4.78, 5) is 36.2. The Bertz CT molecular complexity index is 1140. The van der Waals surface area contributed by atoms with Crippen molar-refractivity contribution in [2.75, 3.05) is 5.32 Å². The molecule has 7 nitrogen and oxygen atoms in total.